The monoisotopic (exact) mass is 810 g/mol. The summed E-state index contributed by atoms with van der Waals surface area (Å²) in [7, 11) is 0. The minimum atomic E-state index is 0.560. The molecule has 304 valence electrons. The van der Waals surface area contributed by atoms with Crippen LogP contribution < -0.4 is 9.80 Å². The number of nitrogens with zero attached hydrogens (tertiary/aromatic N) is 2. The van der Waals surface area contributed by atoms with Crippen LogP contribution in [-0.2, 0) is 0 Å². The minimum absolute atomic E-state index is 0.560. The molecule has 0 saturated heterocycles. The Morgan fingerprint density at radius 1 is 0.365 bits per heavy atom. The summed E-state index contributed by atoms with van der Waals surface area (Å²) in [4.78, 5) is 4.76. The van der Waals surface area contributed by atoms with Gasteiger partial charge in [0.1, 0.15) is 0 Å². The van der Waals surface area contributed by atoms with E-state index in [0.717, 1.165) is 42.0 Å². The fraction of sp³-hybridized carbons (Fsp3) is 0.0820. The standard InChI is InChI=1S/C61H50N2/c1-45-13-11-18-53(43-45)50-27-37-60(38-28-50)63(59-35-25-49(26-36-59)47-16-7-3-8-17-47)61-41-31-52(32-42-61)55-20-12-19-54(44-55)51-29-39-58(40-30-51)62(56-21-9-4-10-22-56)57-33-23-48(24-34-57)46-14-5-2-6-15-46/h2-12,14-31,33-41,43-45H,13,32,42H2,1H3. The van der Waals surface area contributed by atoms with Crippen molar-refractivity contribution in [2.45, 2.75) is 26.2 Å². The first kappa shape index (κ1) is 39.5. The van der Waals surface area contributed by atoms with Crippen molar-refractivity contribution < 1.29 is 0 Å². The Labute approximate surface area is 372 Å². The molecule has 0 aromatic heterocycles. The van der Waals surface area contributed by atoms with E-state index in [1.54, 1.807) is 0 Å². The molecular formula is C61H50N2. The molecule has 0 aliphatic heterocycles. The van der Waals surface area contributed by atoms with Crippen LogP contribution in [0, 0.1) is 5.92 Å². The summed E-state index contributed by atoms with van der Waals surface area (Å²) in [6.07, 6.45) is 14.6. The highest BCUT2D eigenvalue weighted by Crippen LogP contribution is 2.40. The van der Waals surface area contributed by atoms with Gasteiger partial charge in [-0.05, 0) is 154 Å². The molecular weight excluding hydrogens is 761 g/mol. The SMILES string of the molecule is CC1C=C(c2ccc(N(C3=CC=C(c4cccc(-c5ccc(N(c6ccccc6)c6ccc(-c7ccccc7)cc6)cc5)c4)CC3)c3ccc(-c4ccccc4)cc3)cc2)C=CC1. The molecule has 0 saturated carbocycles. The molecule has 1 unspecified atom stereocenters. The molecule has 2 nitrogen and oxygen atoms in total. The maximum absolute atomic E-state index is 2.44. The number of rotatable bonds is 11. The van der Waals surface area contributed by atoms with Crippen molar-refractivity contribution in [2.24, 2.45) is 5.92 Å². The first-order valence-electron chi connectivity index (χ1n) is 22.2. The summed E-state index contributed by atoms with van der Waals surface area (Å²) in [6, 6.07) is 76.8. The zero-order chi connectivity index (χ0) is 42.4. The van der Waals surface area contributed by atoms with Gasteiger partial charge in [-0.3, -0.25) is 0 Å². The van der Waals surface area contributed by atoms with Crippen LogP contribution in [0.2, 0.25) is 0 Å². The normalized spacial score (nSPS) is 14.6. The highest BCUT2D eigenvalue weighted by Gasteiger charge is 2.20. The van der Waals surface area contributed by atoms with E-state index in [-0.39, 0.29) is 0 Å². The van der Waals surface area contributed by atoms with E-state index in [1.807, 2.05) is 0 Å². The second kappa shape index (κ2) is 18.1. The van der Waals surface area contributed by atoms with Gasteiger partial charge in [0.2, 0.25) is 0 Å². The molecule has 2 aliphatic carbocycles. The van der Waals surface area contributed by atoms with Crippen LogP contribution in [0.3, 0.4) is 0 Å². The van der Waals surface area contributed by atoms with Crippen molar-refractivity contribution in [3.63, 3.8) is 0 Å². The topological polar surface area (TPSA) is 6.48 Å². The van der Waals surface area contributed by atoms with E-state index < -0.39 is 0 Å². The van der Waals surface area contributed by atoms with Crippen molar-refractivity contribution in [1.29, 1.82) is 0 Å². The smallest absolute Gasteiger partial charge is 0.0462 e. The molecule has 10 rings (SSSR count). The summed E-state index contributed by atoms with van der Waals surface area (Å²) in [6.45, 7) is 2.29. The van der Waals surface area contributed by atoms with Crippen molar-refractivity contribution in [3.05, 3.63) is 260 Å². The third-order valence-corrected chi connectivity index (χ3v) is 12.3. The zero-order valence-electron chi connectivity index (χ0n) is 35.7. The third kappa shape index (κ3) is 8.76. The van der Waals surface area contributed by atoms with E-state index in [4.69, 9.17) is 0 Å². The quantitative estimate of drug-likeness (QED) is 0.128. The van der Waals surface area contributed by atoms with Crippen LogP contribution in [0.1, 0.15) is 37.3 Å². The van der Waals surface area contributed by atoms with Crippen molar-refractivity contribution in [2.75, 3.05) is 9.80 Å². The van der Waals surface area contributed by atoms with Gasteiger partial charge >= 0.3 is 0 Å². The zero-order valence-corrected chi connectivity index (χ0v) is 35.7. The molecule has 8 aromatic carbocycles. The maximum atomic E-state index is 2.44. The van der Waals surface area contributed by atoms with Crippen molar-refractivity contribution in [3.8, 4) is 33.4 Å². The Kier molecular flexibility index (Phi) is 11.3. The lowest BCUT2D eigenvalue weighted by Gasteiger charge is -2.30. The van der Waals surface area contributed by atoms with E-state index >= 15 is 0 Å². The fourth-order valence-electron chi connectivity index (χ4n) is 8.96. The molecule has 0 radical (unpaired) electrons. The van der Waals surface area contributed by atoms with Crippen LogP contribution >= 0.6 is 0 Å². The summed E-state index contributed by atoms with van der Waals surface area (Å²) in [5, 5.41) is 0. The first-order chi connectivity index (χ1) is 31.1. The van der Waals surface area contributed by atoms with Crippen LogP contribution in [-0.4, -0.2) is 0 Å². The largest absolute Gasteiger partial charge is 0.314 e. The third-order valence-electron chi connectivity index (χ3n) is 12.3. The molecule has 0 bridgehead atoms. The first-order valence-corrected chi connectivity index (χ1v) is 22.2. The predicted octanol–water partition coefficient (Wildman–Crippen LogP) is 17.0. The molecule has 63 heavy (non-hydrogen) atoms. The Bertz CT molecular complexity index is 2920. The summed E-state index contributed by atoms with van der Waals surface area (Å²) in [5.41, 5.74) is 19.5. The van der Waals surface area contributed by atoms with Gasteiger partial charge in [0, 0.05) is 34.1 Å². The lowest BCUT2D eigenvalue weighted by molar-refractivity contribution is 0.740. The van der Waals surface area contributed by atoms with Gasteiger partial charge < -0.3 is 9.80 Å². The van der Waals surface area contributed by atoms with Gasteiger partial charge in [0.25, 0.3) is 0 Å². The Morgan fingerprint density at radius 2 is 0.794 bits per heavy atom. The van der Waals surface area contributed by atoms with Crippen molar-refractivity contribution >= 4 is 39.6 Å². The lowest BCUT2D eigenvalue weighted by Crippen LogP contribution is -2.18. The van der Waals surface area contributed by atoms with E-state index in [1.165, 1.54) is 67.0 Å². The molecule has 0 amide bonds. The van der Waals surface area contributed by atoms with Crippen molar-refractivity contribution in [1.82, 2.24) is 0 Å². The van der Waals surface area contributed by atoms with Gasteiger partial charge in [0.15, 0.2) is 0 Å². The van der Waals surface area contributed by atoms with Gasteiger partial charge in [-0.2, -0.15) is 0 Å². The molecule has 2 aliphatic rings. The van der Waals surface area contributed by atoms with Gasteiger partial charge in [0.05, 0.1) is 0 Å². The summed E-state index contributed by atoms with van der Waals surface area (Å²) in [5.74, 6) is 0.560. The predicted molar refractivity (Wildman–Crippen MR) is 269 cm³/mol. The summed E-state index contributed by atoms with van der Waals surface area (Å²) < 4.78 is 0. The average Bonchev–Trinajstić information content (AvgIpc) is 3.36. The number of anilines is 5. The van der Waals surface area contributed by atoms with Gasteiger partial charge in [-0.15, -0.1) is 0 Å². The molecule has 2 heteroatoms. The highest BCUT2D eigenvalue weighted by atomic mass is 15.2. The summed E-state index contributed by atoms with van der Waals surface area (Å²) >= 11 is 0. The van der Waals surface area contributed by atoms with Crippen LogP contribution in [0.4, 0.5) is 28.4 Å². The number of hydrogen-bond acceptors (Lipinski definition) is 2. The molecule has 0 spiro atoms. The minimum Gasteiger partial charge on any atom is -0.314 e. The second-order valence-electron chi connectivity index (χ2n) is 16.6. The van der Waals surface area contributed by atoms with Crippen LogP contribution in [0.15, 0.2) is 248 Å². The van der Waals surface area contributed by atoms with Gasteiger partial charge in [-0.25, -0.2) is 0 Å². The number of hydrogen-bond donors (Lipinski definition) is 0. The Morgan fingerprint density at radius 3 is 1.30 bits per heavy atom. The lowest BCUT2D eigenvalue weighted by atomic mass is 9.92. The average molecular weight is 811 g/mol. The molecule has 0 N–H and O–H groups in total. The number of para-hydroxylation sites is 1. The molecule has 1 atom stereocenters. The Balaban J connectivity index is 0.922. The molecule has 0 heterocycles. The molecule has 8 aromatic rings. The Hall–Kier alpha value is -7.68. The van der Waals surface area contributed by atoms with Gasteiger partial charge in [-0.1, -0.05) is 177 Å². The van der Waals surface area contributed by atoms with E-state index in [2.05, 4.69) is 259 Å². The highest BCUT2D eigenvalue weighted by molar-refractivity contribution is 5.82. The number of allylic oxidation sites excluding steroid dienone is 8. The van der Waals surface area contributed by atoms with E-state index in [0.29, 0.717) is 5.92 Å². The maximum Gasteiger partial charge on any atom is 0.0462 e. The second-order valence-corrected chi connectivity index (χ2v) is 16.6. The number of benzene rings is 8. The fourth-order valence-corrected chi connectivity index (χ4v) is 8.96. The van der Waals surface area contributed by atoms with E-state index in [9.17, 15) is 0 Å². The molecule has 0 fully saturated rings. The van der Waals surface area contributed by atoms with Crippen LogP contribution in [0.25, 0.3) is 44.5 Å². The van der Waals surface area contributed by atoms with Crippen LogP contribution in [0.5, 0.6) is 0 Å².